The predicted octanol–water partition coefficient (Wildman–Crippen LogP) is 4.02. The monoisotopic (exact) mass is 404 g/mol. The van der Waals surface area contributed by atoms with Crippen molar-refractivity contribution in [1.82, 2.24) is 4.72 Å². The molecule has 0 bridgehead atoms. The van der Waals surface area contributed by atoms with Gasteiger partial charge in [0.05, 0.1) is 6.54 Å². The minimum absolute atomic E-state index is 0.285. The van der Waals surface area contributed by atoms with Gasteiger partial charge in [-0.2, -0.15) is 0 Å². The summed E-state index contributed by atoms with van der Waals surface area (Å²) in [5.74, 6) is 0.410. The zero-order valence-corrected chi connectivity index (χ0v) is 15.8. The number of hydrogen-bond acceptors (Lipinski definition) is 3. The number of rotatable bonds is 3. The Hall–Kier alpha value is -1.92. The molecule has 1 heterocycles. The number of amidine groups is 1. The zero-order chi connectivity index (χ0) is 17.3. The third kappa shape index (κ3) is 3.30. The molecule has 0 atom stereocenters. The van der Waals surface area contributed by atoms with Crippen LogP contribution >= 0.6 is 15.9 Å². The Balaban J connectivity index is 2.00. The lowest BCUT2D eigenvalue weighted by molar-refractivity contribution is 0.603. The quantitative estimate of drug-likeness (QED) is 0.839. The van der Waals surface area contributed by atoms with E-state index in [-0.39, 0.29) is 4.91 Å². The van der Waals surface area contributed by atoms with Gasteiger partial charge in [-0.15, -0.1) is 0 Å². The maximum Gasteiger partial charge on any atom is 0.264 e. The first-order chi connectivity index (χ1) is 11.4. The lowest BCUT2D eigenvalue weighted by Crippen LogP contribution is -2.23. The van der Waals surface area contributed by atoms with Gasteiger partial charge in [0, 0.05) is 10.0 Å². The molecule has 2 aromatic carbocycles. The number of benzene rings is 2. The predicted molar refractivity (Wildman–Crippen MR) is 101 cm³/mol. The van der Waals surface area contributed by atoms with Gasteiger partial charge < -0.3 is 0 Å². The van der Waals surface area contributed by atoms with Crippen molar-refractivity contribution in [2.45, 2.75) is 20.4 Å². The van der Waals surface area contributed by atoms with E-state index < -0.39 is 10.0 Å². The van der Waals surface area contributed by atoms with E-state index in [9.17, 15) is 8.42 Å². The highest BCUT2D eigenvalue weighted by molar-refractivity contribution is 9.10. The fourth-order valence-electron chi connectivity index (χ4n) is 2.67. The van der Waals surface area contributed by atoms with E-state index >= 15 is 0 Å². The molecule has 0 saturated carbocycles. The van der Waals surface area contributed by atoms with Crippen LogP contribution in [0.1, 0.15) is 23.6 Å². The fraction of sp³-hybridized carbons (Fsp3) is 0.167. The summed E-state index contributed by atoms with van der Waals surface area (Å²) in [5, 5.41) is 0. The van der Waals surface area contributed by atoms with E-state index in [0.717, 1.165) is 15.6 Å². The number of nitrogens with one attached hydrogen (secondary N) is 1. The van der Waals surface area contributed by atoms with Crippen LogP contribution in [0.25, 0.3) is 4.91 Å². The summed E-state index contributed by atoms with van der Waals surface area (Å²) in [5.41, 5.74) is 3.50. The van der Waals surface area contributed by atoms with E-state index in [2.05, 4.69) is 25.6 Å². The molecule has 2 aromatic rings. The van der Waals surface area contributed by atoms with E-state index in [1.807, 2.05) is 43.3 Å². The summed E-state index contributed by atoms with van der Waals surface area (Å²) in [7, 11) is -3.59. The normalized spacial score (nSPS) is 18.0. The summed E-state index contributed by atoms with van der Waals surface area (Å²) >= 11 is 3.38. The average molecular weight is 405 g/mol. The van der Waals surface area contributed by atoms with Gasteiger partial charge in [0.15, 0.2) is 0 Å². The van der Waals surface area contributed by atoms with Gasteiger partial charge in [0.25, 0.3) is 10.0 Å². The minimum atomic E-state index is -3.59. The minimum Gasteiger partial charge on any atom is -0.263 e. The molecular weight excluding hydrogens is 388 g/mol. The van der Waals surface area contributed by atoms with Crippen molar-refractivity contribution >= 4 is 36.7 Å². The highest BCUT2D eigenvalue weighted by Gasteiger charge is 2.32. The number of nitrogens with zero attached hydrogens (tertiary/aromatic N) is 1. The molecule has 1 aliphatic heterocycles. The standard InChI is InChI=1S/C18H17BrN2O2S/c1-12-6-3-4-7-15(12)11-20-18-13(2)17(24(22,23)21-18)14-8-5-9-16(19)10-14/h3-10H,11H2,1-2H3,(H,20,21). The van der Waals surface area contributed by atoms with Gasteiger partial charge in [0.1, 0.15) is 10.7 Å². The Labute approximate surface area is 150 Å². The van der Waals surface area contributed by atoms with Crippen molar-refractivity contribution < 1.29 is 8.42 Å². The molecule has 24 heavy (non-hydrogen) atoms. The molecule has 0 radical (unpaired) electrons. The van der Waals surface area contributed by atoms with E-state index in [1.54, 1.807) is 19.1 Å². The molecule has 0 saturated heterocycles. The van der Waals surface area contributed by atoms with Crippen molar-refractivity contribution in [2.24, 2.45) is 4.99 Å². The summed E-state index contributed by atoms with van der Waals surface area (Å²) < 4.78 is 28.4. The van der Waals surface area contributed by atoms with Crippen molar-refractivity contribution in [3.63, 3.8) is 0 Å². The molecular formula is C18H17BrN2O2S. The molecule has 1 N–H and O–H groups in total. The molecule has 0 fully saturated rings. The Morgan fingerprint density at radius 1 is 1.08 bits per heavy atom. The van der Waals surface area contributed by atoms with Crippen LogP contribution in [0.15, 0.2) is 63.6 Å². The second-order valence-corrected chi connectivity index (χ2v) is 8.20. The lowest BCUT2D eigenvalue weighted by atomic mass is 10.1. The van der Waals surface area contributed by atoms with Gasteiger partial charge in [-0.25, -0.2) is 8.42 Å². The first-order valence-corrected chi connectivity index (χ1v) is 9.75. The van der Waals surface area contributed by atoms with E-state index in [1.165, 1.54) is 0 Å². The number of hydrogen-bond donors (Lipinski definition) is 1. The second kappa shape index (κ2) is 6.53. The molecule has 0 unspecified atom stereocenters. The number of aliphatic imine (C=N–C) groups is 1. The number of sulfonamides is 1. The van der Waals surface area contributed by atoms with Crippen molar-refractivity contribution in [3.05, 3.63) is 75.3 Å². The van der Waals surface area contributed by atoms with Crippen LogP contribution in [0.5, 0.6) is 0 Å². The van der Waals surface area contributed by atoms with Crippen molar-refractivity contribution in [1.29, 1.82) is 0 Å². The molecule has 0 amide bonds. The third-order valence-electron chi connectivity index (χ3n) is 3.95. The number of halogens is 1. The Morgan fingerprint density at radius 3 is 2.54 bits per heavy atom. The summed E-state index contributed by atoms with van der Waals surface area (Å²) in [6, 6.07) is 15.2. The molecule has 6 heteroatoms. The second-order valence-electron chi connectivity index (χ2n) is 5.66. The summed E-state index contributed by atoms with van der Waals surface area (Å²) in [4.78, 5) is 4.77. The maximum atomic E-state index is 12.5. The molecule has 0 spiro atoms. The highest BCUT2D eigenvalue weighted by Crippen LogP contribution is 2.31. The summed E-state index contributed by atoms with van der Waals surface area (Å²) in [6.07, 6.45) is 0. The highest BCUT2D eigenvalue weighted by atomic mass is 79.9. The third-order valence-corrected chi connectivity index (χ3v) is 5.99. The molecule has 3 rings (SSSR count). The van der Waals surface area contributed by atoms with E-state index in [0.29, 0.717) is 23.5 Å². The Morgan fingerprint density at radius 2 is 1.83 bits per heavy atom. The molecule has 4 nitrogen and oxygen atoms in total. The SMILES string of the molecule is CC1=C(c2cccc(Br)c2)S(=O)(=O)NC1=NCc1ccccc1C. The first-order valence-electron chi connectivity index (χ1n) is 7.47. The smallest absolute Gasteiger partial charge is 0.263 e. The fourth-order valence-corrected chi connectivity index (χ4v) is 4.58. The van der Waals surface area contributed by atoms with Gasteiger partial charge in [-0.1, -0.05) is 52.3 Å². The van der Waals surface area contributed by atoms with Crippen LogP contribution in [0, 0.1) is 6.92 Å². The Bertz CT molecular complexity index is 962. The zero-order valence-electron chi connectivity index (χ0n) is 13.4. The molecule has 1 aliphatic rings. The van der Waals surface area contributed by atoms with Gasteiger partial charge in [0.2, 0.25) is 0 Å². The largest absolute Gasteiger partial charge is 0.264 e. The van der Waals surface area contributed by atoms with Crippen LogP contribution in [0.3, 0.4) is 0 Å². The van der Waals surface area contributed by atoms with E-state index in [4.69, 9.17) is 0 Å². The van der Waals surface area contributed by atoms with Crippen LogP contribution in [0.2, 0.25) is 0 Å². The topological polar surface area (TPSA) is 58.5 Å². The van der Waals surface area contributed by atoms with Crippen molar-refractivity contribution in [2.75, 3.05) is 0 Å². The first kappa shape index (κ1) is 16.9. The lowest BCUT2D eigenvalue weighted by Gasteiger charge is -2.03. The average Bonchev–Trinajstić information content (AvgIpc) is 2.75. The maximum absolute atomic E-state index is 12.5. The van der Waals surface area contributed by atoms with Crippen LogP contribution in [0.4, 0.5) is 0 Å². The molecule has 0 aromatic heterocycles. The Kier molecular flexibility index (Phi) is 4.60. The van der Waals surface area contributed by atoms with Gasteiger partial charge >= 0.3 is 0 Å². The van der Waals surface area contributed by atoms with Crippen LogP contribution in [-0.4, -0.2) is 14.3 Å². The van der Waals surface area contributed by atoms with Crippen LogP contribution < -0.4 is 4.72 Å². The number of aryl methyl sites for hydroxylation is 1. The van der Waals surface area contributed by atoms with Gasteiger partial charge in [-0.3, -0.25) is 9.71 Å². The summed E-state index contributed by atoms with van der Waals surface area (Å²) in [6.45, 7) is 4.24. The molecule has 0 aliphatic carbocycles. The van der Waals surface area contributed by atoms with Gasteiger partial charge in [-0.05, 0) is 42.7 Å². The van der Waals surface area contributed by atoms with Crippen LogP contribution in [-0.2, 0) is 16.6 Å². The molecule has 124 valence electrons. The van der Waals surface area contributed by atoms with Crippen molar-refractivity contribution in [3.8, 4) is 0 Å².